The highest BCUT2D eigenvalue weighted by atomic mass is 16.8. The van der Waals surface area contributed by atoms with Crippen LogP contribution in [0.25, 0.3) is 0 Å². The predicted octanol–water partition coefficient (Wildman–Crippen LogP) is -5.39. The van der Waals surface area contributed by atoms with E-state index in [1.54, 1.807) is 0 Å². The molecule has 2 fully saturated rings. The van der Waals surface area contributed by atoms with Crippen LogP contribution in [0.4, 0.5) is 0 Å². The van der Waals surface area contributed by atoms with E-state index in [1.807, 2.05) is 0 Å². The van der Waals surface area contributed by atoms with E-state index in [0.717, 1.165) is 0 Å². The molecule has 0 aromatic rings. The van der Waals surface area contributed by atoms with Gasteiger partial charge in [0, 0.05) is 0 Å². The largest absolute Gasteiger partial charge is 0.394 e. The highest BCUT2D eigenvalue weighted by Gasteiger charge is 2.57. The van der Waals surface area contributed by atoms with Crippen molar-refractivity contribution in [3.05, 3.63) is 0 Å². The van der Waals surface area contributed by atoms with Gasteiger partial charge < -0.3 is 55.1 Å². The summed E-state index contributed by atoms with van der Waals surface area (Å²) in [4.78, 5) is 0. The predicted molar refractivity (Wildman–Crippen MR) is 68.7 cm³/mol. The number of hydrogen-bond donors (Lipinski definition) is 8. The van der Waals surface area contributed by atoms with Crippen LogP contribution in [0.1, 0.15) is 0 Å². The number of aliphatic hydroxyl groups excluding tert-OH is 7. The topological polar surface area (TPSA) is 190 Å². The quantitative estimate of drug-likeness (QED) is 0.238. The molecule has 136 valence electrons. The zero-order valence-corrected chi connectivity index (χ0v) is 12.1. The lowest BCUT2D eigenvalue weighted by atomic mass is 9.97. The van der Waals surface area contributed by atoms with E-state index in [4.69, 9.17) is 19.3 Å². The summed E-state index contributed by atoms with van der Waals surface area (Å²) in [6.45, 7) is -2.94. The summed E-state index contributed by atoms with van der Waals surface area (Å²) in [5.41, 5.74) is 0. The lowest BCUT2D eigenvalue weighted by molar-refractivity contribution is -0.366. The molecule has 0 aromatic heterocycles. The second-order valence-corrected chi connectivity index (χ2v) is 5.69. The van der Waals surface area contributed by atoms with E-state index < -0.39 is 74.6 Å². The highest BCUT2D eigenvalue weighted by molar-refractivity contribution is 4.98. The summed E-state index contributed by atoms with van der Waals surface area (Å²) in [6.07, 6.45) is -9.56. The van der Waals surface area contributed by atoms with Gasteiger partial charge in [0.2, 0.25) is 11.6 Å². The van der Waals surface area contributed by atoms with Gasteiger partial charge in [-0.05, 0) is 0 Å². The van der Waals surface area contributed by atoms with E-state index in [-0.39, 0.29) is 0 Å². The molecule has 0 radical (unpaired) electrons. The number of ether oxygens (including phenoxy) is 3. The van der Waals surface area contributed by atoms with Crippen LogP contribution in [0, 0.1) is 0 Å². The maximum Gasteiger partial charge on any atom is 0.221 e. The van der Waals surface area contributed by atoms with Gasteiger partial charge in [-0.1, -0.05) is 0 Å². The summed E-state index contributed by atoms with van der Waals surface area (Å²) in [5.74, 6) is -4.60. The molecule has 0 aromatic carbocycles. The molecule has 0 unspecified atom stereocenters. The van der Waals surface area contributed by atoms with E-state index in [1.165, 1.54) is 0 Å². The Hall–Kier alpha value is -0.440. The van der Waals surface area contributed by atoms with Crippen molar-refractivity contribution in [2.75, 3.05) is 26.4 Å². The molecule has 2 rings (SSSR count). The van der Waals surface area contributed by atoms with Crippen molar-refractivity contribution >= 4 is 0 Å². The maximum atomic E-state index is 10.2. The van der Waals surface area contributed by atoms with Gasteiger partial charge in [-0.25, -0.2) is 0 Å². The van der Waals surface area contributed by atoms with Crippen molar-refractivity contribution in [3.63, 3.8) is 0 Å². The first kappa shape index (κ1) is 18.9. The molecule has 2 saturated heterocycles. The first-order valence-corrected chi connectivity index (χ1v) is 7.01. The van der Waals surface area contributed by atoms with Gasteiger partial charge in [0.25, 0.3) is 0 Å². The Labute approximate surface area is 130 Å². The summed E-state index contributed by atoms with van der Waals surface area (Å²) in [5, 5.41) is 77.0. The molecule has 0 spiro atoms. The number of aliphatic hydroxyl groups is 8. The monoisotopic (exact) mass is 342 g/mol. The molecular formula is C12H22O11. The molecule has 0 aliphatic carbocycles. The van der Waals surface area contributed by atoms with E-state index in [0.29, 0.717) is 0 Å². The number of hydrogen-bond acceptors (Lipinski definition) is 11. The van der Waals surface area contributed by atoms with Crippen molar-refractivity contribution in [2.45, 2.75) is 48.2 Å². The minimum absolute atomic E-state index is 0.491. The SMILES string of the molecule is OC[C@H]1O[C@@](CO)(OC[C@@]2(O)OC[C@@H](O)[C@@H](O)[C@@H]2O)[C@@H](O)[C@@H]1O. The minimum Gasteiger partial charge on any atom is -0.394 e. The van der Waals surface area contributed by atoms with E-state index in [9.17, 15) is 35.7 Å². The number of rotatable bonds is 5. The second-order valence-electron chi connectivity index (χ2n) is 5.69. The second kappa shape index (κ2) is 6.82. The zero-order chi connectivity index (χ0) is 17.4. The summed E-state index contributed by atoms with van der Waals surface area (Å²) >= 11 is 0. The molecule has 23 heavy (non-hydrogen) atoms. The first-order valence-electron chi connectivity index (χ1n) is 7.01. The first-order chi connectivity index (χ1) is 10.7. The van der Waals surface area contributed by atoms with Gasteiger partial charge >= 0.3 is 0 Å². The molecule has 0 bridgehead atoms. The average Bonchev–Trinajstić information content (AvgIpc) is 2.80. The van der Waals surface area contributed by atoms with Crippen molar-refractivity contribution < 1.29 is 55.1 Å². The Morgan fingerprint density at radius 3 is 2.17 bits per heavy atom. The smallest absolute Gasteiger partial charge is 0.221 e. The Morgan fingerprint density at radius 2 is 1.65 bits per heavy atom. The van der Waals surface area contributed by atoms with Gasteiger partial charge in [0.05, 0.1) is 13.2 Å². The van der Waals surface area contributed by atoms with Crippen molar-refractivity contribution in [3.8, 4) is 0 Å². The fraction of sp³-hybridized carbons (Fsp3) is 1.00. The lowest BCUT2D eigenvalue weighted by Gasteiger charge is -2.43. The Bertz CT molecular complexity index is 408. The van der Waals surface area contributed by atoms with Crippen LogP contribution in [0.3, 0.4) is 0 Å². The van der Waals surface area contributed by atoms with Crippen LogP contribution in [0.15, 0.2) is 0 Å². The van der Waals surface area contributed by atoms with Crippen LogP contribution >= 0.6 is 0 Å². The van der Waals surface area contributed by atoms with Crippen LogP contribution in [-0.2, 0) is 14.2 Å². The van der Waals surface area contributed by atoms with E-state index in [2.05, 4.69) is 0 Å². The van der Waals surface area contributed by atoms with E-state index >= 15 is 0 Å². The Morgan fingerprint density at radius 1 is 1.00 bits per heavy atom. The summed E-state index contributed by atoms with van der Waals surface area (Å²) in [6, 6.07) is 0. The third-order valence-corrected chi connectivity index (χ3v) is 4.11. The molecule has 0 amide bonds. The van der Waals surface area contributed by atoms with Crippen molar-refractivity contribution in [1.82, 2.24) is 0 Å². The van der Waals surface area contributed by atoms with Crippen LogP contribution in [-0.4, -0.2) is 115 Å². The third kappa shape index (κ3) is 3.23. The highest BCUT2D eigenvalue weighted by Crippen LogP contribution is 2.34. The molecule has 8 atom stereocenters. The standard InChI is InChI=1S/C12H22O11/c13-1-6-8(17)10(19)12(3-14,23-6)22-4-11(20)9(18)7(16)5(15)2-21-11/h5-10,13-20H,1-4H2/t5-,6-,7-,8-,9+,10+,11-,12-/m1/s1. The van der Waals surface area contributed by atoms with Gasteiger partial charge in [-0.2, -0.15) is 0 Å². The normalized spacial score (nSPS) is 51.1. The lowest BCUT2D eigenvalue weighted by Crippen LogP contribution is -2.64. The summed E-state index contributed by atoms with van der Waals surface area (Å²) < 4.78 is 15.1. The van der Waals surface area contributed by atoms with Crippen molar-refractivity contribution in [1.29, 1.82) is 0 Å². The Kier molecular flexibility index (Phi) is 5.60. The summed E-state index contributed by atoms with van der Waals surface area (Å²) in [7, 11) is 0. The zero-order valence-electron chi connectivity index (χ0n) is 12.1. The van der Waals surface area contributed by atoms with Gasteiger partial charge in [0.15, 0.2) is 0 Å². The Balaban J connectivity index is 2.09. The molecule has 11 nitrogen and oxygen atoms in total. The van der Waals surface area contributed by atoms with Crippen LogP contribution < -0.4 is 0 Å². The fourth-order valence-electron chi connectivity index (χ4n) is 2.54. The maximum absolute atomic E-state index is 10.2. The molecule has 2 aliphatic heterocycles. The molecular weight excluding hydrogens is 320 g/mol. The van der Waals surface area contributed by atoms with Gasteiger partial charge in [-0.15, -0.1) is 0 Å². The molecule has 11 heteroatoms. The molecule has 2 heterocycles. The molecule has 2 aliphatic rings. The van der Waals surface area contributed by atoms with Gasteiger partial charge in [-0.3, -0.25) is 0 Å². The average molecular weight is 342 g/mol. The third-order valence-electron chi connectivity index (χ3n) is 4.11. The van der Waals surface area contributed by atoms with Crippen LogP contribution in [0.2, 0.25) is 0 Å². The minimum atomic E-state index is -2.44. The van der Waals surface area contributed by atoms with Crippen molar-refractivity contribution in [2.24, 2.45) is 0 Å². The molecule has 8 N–H and O–H groups in total. The van der Waals surface area contributed by atoms with Crippen LogP contribution in [0.5, 0.6) is 0 Å². The fourth-order valence-corrected chi connectivity index (χ4v) is 2.54. The molecule has 0 saturated carbocycles. The van der Waals surface area contributed by atoms with Gasteiger partial charge in [0.1, 0.15) is 49.8 Å².